The van der Waals surface area contributed by atoms with E-state index in [1.165, 1.54) is 6.08 Å². The molecule has 0 N–H and O–H groups in total. The lowest BCUT2D eigenvalue weighted by atomic mass is 9.89. The molecule has 1 aromatic carbocycles. The van der Waals surface area contributed by atoms with E-state index in [1.54, 1.807) is 30.4 Å². The summed E-state index contributed by atoms with van der Waals surface area (Å²) in [5.41, 5.74) is 2.02. The van der Waals surface area contributed by atoms with E-state index in [2.05, 4.69) is 6.58 Å². The normalized spacial score (nSPS) is 14.9. The molecule has 2 heteroatoms. The van der Waals surface area contributed by atoms with Crippen molar-refractivity contribution in [1.29, 1.82) is 0 Å². The first-order chi connectivity index (χ1) is 7.74. The molecule has 0 amide bonds. The third-order valence-electron chi connectivity index (χ3n) is 2.40. The Morgan fingerprint density at radius 2 is 1.75 bits per heavy atom. The summed E-state index contributed by atoms with van der Waals surface area (Å²) in [4.78, 5) is 23.0. The number of Topliss-reactive ketones (excluding diaryl/α,β-unsaturated/α-hetero) is 1. The average molecular weight is 210 g/mol. The van der Waals surface area contributed by atoms with Crippen molar-refractivity contribution in [2.24, 2.45) is 0 Å². The Bertz CT molecular complexity index is 533. The number of rotatable bonds is 2. The summed E-state index contributed by atoms with van der Waals surface area (Å²) in [6, 6.07) is 7.10. The zero-order valence-electron chi connectivity index (χ0n) is 8.64. The predicted octanol–water partition coefficient (Wildman–Crippen LogP) is 2.58. The Morgan fingerprint density at radius 3 is 2.44 bits per heavy atom. The minimum absolute atomic E-state index is 0.439. The Balaban J connectivity index is 2.59. The molecule has 0 fully saturated rings. The molecule has 0 aliphatic heterocycles. The quantitative estimate of drug-likeness (QED) is 0.555. The number of hydrogen-bond acceptors (Lipinski definition) is 2. The molecule has 0 saturated carbocycles. The van der Waals surface area contributed by atoms with Gasteiger partial charge in [0.05, 0.1) is 0 Å². The molecule has 78 valence electrons. The number of ketones is 2. The van der Waals surface area contributed by atoms with Crippen LogP contribution < -0.4 is 0 Å². The predicted molar refractivity (Wildman–Crippen MR) is 63.1 cm³/mol. The van der Waals surface area contributed by atoms with Gasteiger partial charge in [0, 0.05) is 5.56 Å². The van der Waals surface area contributed by atoms with Gasteiger partial charge in [-0.1, -0.05) is 49.1 Å². The van der Waals surface area contributed by atoms with Crippen LogP contribution in [-0.2, 0) is 4.79 Å². The van der Waals surface area contributed by atoms with Gasteiger partial charge in [0.15, 0.2) is 0 Å². The topological polar surface area (TPSA) is 34.1 Å². The average Bonchev–Trinajstić information content (AvgIpc) is 2.32. The van der Waals surface area contributed by atoms with Crippen molar-refractivity contribution >= 4 is 17.1 Å². The molecule has 1 aliphatic rings. The van der Waals surface area contributed by atoms with E-state index in [1.807, 2.05) is 12.1 Å². The van der Waals surface area contributed by atoms with Gasteiger partial charge in [0.1, 0.15) is 0 Å². The van der Waals surface area contributed by atoms with Crippen LogP contribution in [0.15, 0.2) is 55.1 Å². The molecule has 2 rings (SSSR count). The fourth-order valence-corrected chi connectivity index (χ4v) is 1.66. The molecule has 0 saturated heterocycles. The van der Waals surface area contributed by atoms with Crippen LogP contribution >= 0.6 is 0 Å². The first-order valence-electron chi connectivity index (χ1n) is 4.93. The van der Waals surface area contributed by atoms with Crippen molar-refractivity contribution in [2.45, 2.75) is 0 Å². The van der Waals surface area contributed by atoms with Crippen molar-refractivity contribution in [1.82, 2.24) is 0 Å². The summed E-state index contributed by atoms with van der Waals surface area (Å²) in [7, 11) is 0. The highest BCUT2D eigenvalue weighted by Gasteiger charge is 2.23. The van der Waals surface area contributed by atoms with Gasteiger partial charge in [-0.25, -0.2) is 0 Å². The van der Waals surface area contributed by atoms with Gasteiger partial charge in [-0.05, 0) is 17.2 Å². The summed E-state index contributed by atoms with van der Waals surface area (Å²) in [5, 5.41) is 0. The molecule has 0 unspecified atom stereocenters. The van der Waals surface area contributed by atoms with E-state index in [9.17, 15) is 9.59 Å². The molecule has 0 radical (unpaired) electrons. The molecule has 0 heterocycles. The summed E-state index contributed by atoms with van der Waals surface area (Å²) in [5.74, 6) is -0.909. The Hall–Kier alpha value is -2.22. The third-order valence-corrected chi connectivity index (χ3v) is 2.40. The van der Waals surface area contributed by atoms with Gasteiger partial charge in [0.25, 0.3) is 0 Å². The van der Waals surface area contributed by atoms with Crippen LogP contribution in [0, 0.1) is 0 Å². The monoisotopic (exact) mass is 210 g/mol. The van der Waals surface area contributed by atoms with E-state index in [0.29, 0.717) is 5.56 Å². The summed E-state index contributed by atoms with van der Waals surface area (Å²) in [6.45, 7) is 3.57. The smallest absolute Gasteiger partial charge is 0.233 e. The number of benzene rings is 1. The van der Waals surface area contributed by atoms with Crippen molar-refractivity contribution in [3.05, 3.63) is 66.3 Å². The van der Waals surface area contributed by atoms with Crippen LogP contribution in [-0.4, -0.2) is 11.6 Å². The summed E-state index contributed by atoms with van der Waals surface area (Å²) < 4.78 is 0. The van der Waals surface area contributed by atoms with Crippen LogP contribution in [0.2, 0.25) is 0 Å². The highest BCUT2D eigenvalue weighted by Crippen LogP contribution is 2.25. The van der Waals surface area contributed by atoms with Gasteiger partial charge in [-0.3, -0.25) is 9.59 Å². The van der Waals surface area contributed by atoms with Gasteiger partial charge in [0.2, 0.25) is 11.6 Å². The number of carbonyl (C=O) groups is 2. The van der Waals surface area contributed by atoms with Gasteiger partial charge in [-0.2, -0.15) is 0 Å². The van der Waals surface area contributed by atoms with E-state index < -0.39 is 11.6 Å². The second-order valence-electron chi connectivity index (χ2n) is 3.43. The first kappa shape index (κ1) is 10.3. The molecular weight excluding hydrogens is 200 g/mol. The maximum atomic E-state index is 11.6. The molecule has 0 spiro atoms. The minimum atomic E-state index is -0.470. The van der Waals surface area contributed by atoms with Gasteiger partial charge < -0.3 is 0 Å². The Morgan fingerprint density at radius 1 is 1.06 bits per heavy atom. The third kappa shape index (κ3) is 1.65. The van der Waals surface area contributed by atoms with Crippen LogP contribution in [0.5, 0.6) is 0 Å². The van der Waals surface area contributed by atoms with Crippen molar-refractivity contribution in [3.8, 4) is 0 Å². The van der Waals surface area contributed by atoms with Crippen molar-refractivity contribution < 1.29 is 9.59 Å². The van der Waals surface area contributed by atoms with Crippen molar-refractivity contribution in [3.63, 3.8) is 0 Å². The fourth-order valence-electron chi connectivity index (χ4n) is 1.66. The van der Waals surface area contributed by atoms with E-state index in [-0.39, 0.29) is 0 Å². The lowest BCUT2D eigenvalue weighted by molar-refractivity contribution is -0.110. The second kappa shape index (κ2) is 4.11. The van der Waals surface area contributed by atoms with Crippen LogP contribution in [0.25, 0.3) is 5.57 Å². The second-order valence-corrected chi connectivity index (χ2v) is 3.43. The lowest BCUT2D eigenvalue weighted by Crippen LogP contribution is -2.17. The molecule has 0 atom stereocenters. The maximum Gasteiger partial charge on any atom is 0.233 e. The summed E-state index contributed by atoms with van der Waals surface area (Å²) >= 11 is 0. The molecule has 1 aliphatic carbocycles. The van der Waals surface area contributed by atoms with E-state index >= 15 is 0 Å². The SMILES string of the molecule is C=C/C=C\C1=CC(=O)C(=O)c2ccccc21. The van der Waals surface area contributed by atoms with Crippen LogP contribution in [0.3, 0.4) is 0 Å². The fraction of sp³-hybridized carbons (Fsp3) is 0. The molecule has 0 aromatic heterocycles. The number of carbonyl (C=O) groups excluding carboxylic acids is 2. The summed E-state index contributed by atoms with van der Waals surface area (Å²) in [6.07, 6.45) is 6.51. The van der Waals surface area contributed by atoms with E-state index in [4.69, 9.17) is 0 Å². The number of hydrogen-bond donors (Lipinski definition) is 0. The highest BCUT2D eigenvalue weighted by molar-refractivity contribution is 6.50. The molecular formula is C14H10O2. The zero-order valence-corrected chi connectivity index (χ0v) is 8.64. The lowest BCUT2D eigenvalue weighted by Gasteiger charge is -2.12. The van der Waals surface area contributed by atoms with Crippen LogP contribution in [0.4, 0.5) is 0 Å². The van der Waals surface area contributed by atoms with Gasteiger partial charge >= 0.3 is 0 Å². The standard InChI is InChI=1S/C14H10O2/c1-2-3-6-10-9-13(15)14(16)12-8-5-4-7-11(10)12/h2-9H,1H2/b6-3-. The Labute approximate surface area is 93.6 Å². The maximum absolute atomic E-state index is 11.6. The van der Waals surface area contributed by atoms with Gasteiger partial charge in [-0.15, -0.1) is 0 Å². The largest absolute Gasteiger partial charge is 0.286 e. The van der Waals surface area contributed by atoms with Crippen molar-refractivity contribution in [2.75, 3.05) is 0 Å². The molecule has 16 heavy (non-hydrogen) atoms. The van der Waals surface area contributed by atoms with Crippen LogP contribution in [0.1, 0.15) is 15.9 Å². The number of allylic oxidation sites excluding steroid dienone is 5. The minimum Gasteiger partial charge on any atom is -0.286 e. The zero-order chi connectivity index (χ0) is 11.5. The first-order valence-corrected chi connectivity index (χ1v) is 4.93. The number of fused-ring (bicyclic) bond motifs is 1. The molecule has 1 aromatic rings. The van der Waals surface area contributed by atoms with E-state index in [0.717, 1.165) is 11.1 Å². The Kier molecular flexibility index (Phi) is 2.64. The molecule has 2 nitrogen and oxygen atoms in total. The highest BCUT2D eigenvalue weighted by atomic mass is 16.2. The molecule has 0 bridgehead atoms.